The van der Waals surface area contributed by atoms with Gasteiger partial charge >= 0.3 is 5.97 Å². The third-order valence-electron chi connectivity index (χ3n) is 3.89. The first kappa shape index (κ1) is 20.0. The number of furan rings is 1. The van der Waals surface area contributed by atoms with E-state index in [1.807, 2.05) is 12.1 Å². The molecular weight excluding hydrogens is 386 g/mol. The van der Waals surface area contributed by atoms with Crippen molar-refractivity contribution in [3.8, 4) is 11.5 Å². The van der Waals surface area contributed by atoms with E-state index in [1.165, 1.54) is 6.07 Å². The molecule has 0 radical (unpaired) electrons. The number of ether oxygens (including phenoxy) is 2. The van der Waals surface area contributed by atoms with Crippen LogP contribution in [0, 0.1) is 0 Å². The zero-order valence-electron chi connectivity index (χ0n) is 14.9. The van der Waals surface area contributed by atoms with Gasteiger partial charge in [-0.1, -0.05) is 23.7 Å². The second-order valence-corrected chi connectivity index (χ2v) is 6.47. The van der Waals surface area contributed by atoms with Crippen LogP contribution in [0.15, 0.2) is 52.9 Å². The molecule has 7 nitrogen and oxygen atoms in total. The van der Waals surface area contributed by atoms with Gasteiger partial charge in [-0.25, -0.2) is 4.79 Å². The molecule has 3 aromatic rings. The lowest BCUT2D eigenvalue weighted by molar-refractivity contribution is 0.0665. The Labute approximate surface area is 166 Å². The van der Waals surface area contributed by atoms with Gasteiger partial charge in [-0.15, -0.1) is 0 Å². The molecular formula is C20H20ClNO6. The highest BCUT2D eigenvalue weighted by atomic mass is 35.5. The maximum absolute atomic E-state index is 10.9. The quantitative estimate of drug-likeness (QED) is 0.445. The normalized spacial score (nSPS) is 12.1. The summed E-state index contributed by atoms with van der Waals surface area (Å²) in [5, 5.41) is 23.1. The number of nitrogens with one attached hydrogen (secondary N) is 1. The van der Waals surface area contributed by atoms with Gasteiger partial charge in [-0.05, 0) is 36.4 Å². The summed E-state index contributed by atoms with van der Waals surface area (Å²) in [5.41, 5.74) is 0.490. The number of para-hydroxylation sites is 1. The minimum Gasteiger partial charge on any atom is -0.492 e. The van der Waals surface area contributed by atoms with E-state index in [-0.39, 0.29) is 12.4 Å². The van der Waals surface area contributed by atoms with Gasteiger partial charge in [0.15, 0.2) is 0 Å². The van der Waals surface area contributed by atoms with E-state index < -0.39 is 12.1 Å². The third kappa shape index (κ3) is 5.39. The SMILES string of the molecule is O=C(O)c1cc2cc(OCCNC[C@H](O)COc3ccccc3Cl)ccc2o1. The smallest absolute Gasteiger partial charge is 0.371 e. The summed E-state index contributed by atoms with van der Waals surface area (Å²) in [5.74, 6) is -0.0800. The molecule has 3 N–H and O–H groups in total. The van der Waals surface area contributed by atoms with Crippen LogP contribution < -0.4 is 14.8 Å². The van der Waals surface area contributed by atoms with Crippen molar-refractivity contribution in [2.75, 3.05) is 26.3 Å². The summed E-state index contributed by atoms with van der Waals surface area (Å²) in [4.78, 5) is 10.9. The Kier molecular flexibility index (Phi) is 6.76. The highest BCUT2D eigenvalue weighted by molar-refractivity contribution is 6.32. The Bertz CT molecular complexity index is 941. The second kappa shape index (κ2) is 9.45. The van der Waals surface area contributed by atoms with Crippen LogP contribution in [0.25, 0.3) is 11.0 Å². The monoisotopic (exact) mass is 405 g/mol. The number of carboxylic acids is 1. The van der Waals surface area contributed by atoms with Gasteiger partial charge in [0, 0.05) is 18.5 Å². The largest absolute Gasteiger partial charge is 0.492 e. The van der Waals surface area contributed by atoms with Crippen molar-refractivity contribution >= 4 is 28.5 Å². The molecule has 8 heteroatoms. The third-order valence-corrected chi connectivity index (χ3v) is 4.21. The Hall–Kier alpha value is -2.74. The van der Waals surface area contributed by atoms with E-state index in [1.54, 1.807) is 30.3 Å². The van der Waals surface area contributed by atoms with Crippen LogP contribution in [0.5, 0.6) is 11.5 Å². The number of aliphatic hydroxyl groups is 1. The molecule has 1 atom stereocenters. The summed E-state index contributed by atoms with van der Waals surface area (Å²) >= 11 is 5.99. The van der Waals surface area contributed by atoms with Gasteiger partial charge < -0.3 is 29.4 Å². The minimum atomic E-state index is -1.11. The van der Waals surface area contributed by atoms with E-state index in [4.69, 9.17) is 30.6 Å². The molecule has 0 saturated carbocycles. The summed E-state index contributed by atoms with van der Waals surface area (Å²) < 4.78 is 16.3. The van der Waals surface area contributed by atoms with Crippen LogP contribution >= 0.6 is 11.6 Å². The first-order valence-electron chi connectivity index (χ1n) is 8.69. The van der Waals surface area contributed by atoms with E-state index in [0.29, 0.717) is 47.2 Å². The minimum absolute atomic E-state index is 0.109. The Balaban J connectivity index is 1.37. The van der Waals surface area contributed by atoms with Crippen molar-refractivity contribution < 1.29 is 28.9 Å². The Morgan fingerprint density at radius 3 is 2.79 bits per heavy atom. The van der Waals surface area contributed by atoms with Crippen molar-refractivity contribution in [2.24, 2.45) is 0 Å². The van der Waals surface area contributed by atoms with Gasteiger partial charge in [-0.2, -0.15) is 0 Å². The predicted octanol–water partition coefficient (Wildman–Crippen LogP) is 3.19. The number of hydrogen-bond donors (Lipinski definition) is 3. The van der Waals surface area contributed by atoms with Gasteiger partial charge in [0.1, 0.15) is 36.4 Å². The molecule has 0 fully saturated rings. The Morgan fingerprint density at radius 1 is 1.18 bits per heavy atom. The number of aromatic carboxylic acids is 1. The molecule has 0 aliphatic rings. The number of fused-ring (bicyclic) bond motifs is 1. The lowest BCUT2D eigenvalue weighted by Gasteiger charge is -2.14. The van der Waals surface area contributed by atoms with Crippen molar-refractivity contribution in [1.29, 1.82) is 0 Å². The van der Waals surface area contributed by atoms with Crippen LogP contribution in [0.4, 0.5) is 0 Å². The maximum atomic E-state index is 10.9. The zero-order valence-corrected chi connectivity index (χ0v) is 15.7. The molecule has 0 unspecified atom stereocenters. The maximum Gasteiger partial charge on any atom is 0.371 e. The molecule has 1 heterocycles. The summed E-state index contributed by atoms with van der Waals surface area (Å²) in [7, 11) is 0. The lowest BCUT2D eigenvalue weighted by Crippen LogP contribution is -2.33. The summed E-state index contributed by atoms with van der Waals surface area (Å²) in [6.45, 7) is 1.37. The van der Waals surface area contributed by atoms with Gasteiger partial charge in [0.2, 0.25) is 5.76 Å². The number of hydrogen-bond acceptors (Lipinski definition) is 6. The molecule has 0 amide bonds. The number of halogens is 1. The number of carboxylic acid groups (broad SMARTS) is 1. The fourth-order valence-corrected chi connectivity index (χ4v) is 2.72. The van der Waals surface area contributed by atoms with E-state index in [2.05, 4.69) is 5.32 Å². The van der Waals surface area contributed by atoms with E-state index >= 15 is 0 Å². The zero-order chi connectivity index (χ0) is 19.9. The predicted molar refractivity (Wildman–Crippen MR) is 104 cm³/mol. The van der Waals surface area contributed by atoms with Crippen LogP contribution in [-0.2, 0) is 0 Å². The van der Waals surface area contributed by atoms with Crippen LogP contribution in [0.2, 0.25) is 5.02 Å². The number of carbonyl (C=O) groups is 1. The van der Waals surface area contributed by atoms with Gasteiger partial charge in [-0.3, -0.25) is 0 Å². The summed E-state index contributed by atoms with van der Waals surface area (Å²) in [6, 6.07) is 13.6. The molecule has 0 spiro atoms. The topological polar surface area (TPSA) is 101 Å². The van der Waals surface area contributed by atoms with Crippen molar-refractivity contribution in [2.45, 2.75) is 6.10 Å². The molecule has 0 bridgehead atoms. The molecule has 3 rings (SSSR count). The molecule has 2 aromatic carbocycles. The fourth-order valence-electron chi connectivity index (χ4n) is 2.53. The number of aliphatic hydroxyl groups excluding tert-OH is 1. The Morgan fingerprint density at radius 2 is 2.00 bits per heavy atom. The average Bonchev–Trinajstić information content (AvgIpc) is 3.11. The molecule has 0 saturated heterocycles. The molecule has 148 valence electrons. The van der Waals surface area contributed by atoms with Crippen molar-refractivity contribution in [3.63, 3.8) is 0 Å². The van der Waals surface area contributed by atoms with Gasteiger partial charge in [0.05, 0.1) is 5.02 Å². The molecule has 28 heavy (non-hydrogen) atoms. The first-order valence-corrected chi connectivity index (χ1v) is 9.06. The van der Waals surface area contributed by atoms with Crippen molar-refractivity contribution in [1.82, 2.24) is 5.32 Å². The number of rotatable bonds is 10. The summed E-state index contributed by atoms with van der Waals surface area (Å²) in [6.07, 6.45) is -0.687. The van der Waals surface area contributed by atoms with Gasteiger partial charge in [0.25, 0.3) is 0 Å². The molecule has 0 aliphatic heterocycles. The van der Waals surface area contributed by atoms with Crippen LogP contribution in [0.1, 0.15) is 10.6 Å². The van der Waals surface area contributed by atoms with Crippen LogP contribution in [0.3, 0.4) is 0 Å². The molecule has 0 aliphatic carbocycles. The standard InChI is InChI=1S/C20H20ClNO6/c21-16-3-1-2-4-18(16)27-12-14(23)11-22-7-8-26-15-5-6-17-13(9-15)10-19(28-17)20(24)25/h1-6,9-10,14,22-23H,7-8,11-12H2,(H,24,25)/t14-/m0/s1. The number of benzene rings is 2. The molecule has 1 aromatic heterocycles. The fraction of sp³-hybridized carbons (Fsp3) is 0.250. The highest BCUT2D eigenvalue weighted by Gasteiger charge is 2.11. The van der Waals surface area contributed by atoms with Crippen LogP contribution in [-0.4, -0.2) is 48.6 Å². The first-order chi connectivity index (χ1) is 13.5. The van der Waals surface area contributed by atoms with E-state index in [0.717, 1.165) is 0 Å². The average molecular weight is 406 g/mol. The van der Waals surface area contributed by atoms with E-state index in [9.17, 15) is 9.90 Å². The second-order valence-electron chi connectivity index (χ2n) is 6.06. The lowest BCUT2D eigenvalue weighted by atomic mass is 10.2. The highest BCUT2D eigenvalue weighted by Crippen LogP contribution is 2.24. The van der Waals surface area contributed by atoms with Crippen molar-refractivity contribution in [3.05, 3.63) is 59.3 Å².